The van der Waals surface area contributed by atoms with Gasteiger partial charge in [0.1, 0.15) is 6.67 Å². The lowest BCUT2D eigenvalue weighted by molar-refractivity contribution is 0.106. The minimum Gasteiger partial charge on any atom is -0.298 e. The van der Waals surface area contributed by atoms with Crippen molar-refractivity contribution in [1.82, 2.24) is 9.80 Å². The second-order valence-corrected chi connectivity index (χ2v) is 4.00. The van der Waals surface area contributed by atoms with Crippen molar-refractivity contribution in [3.63, 3.8) is 0 Å². The number of halogens is 1. The zero-order valence-electron chi connectivity index (χ0n) is 9.45. The molecule has 0 bridgehead atoms. The minimum atomic E-state index is -0.267. The molecule has 0 aromatic carbocycles. The van der Waals surface area contributed by atoms with E-state index in [1.807, 2.05) is 0 Å². The van der Waals surface area contributed by atoms with Crippen molar-refractivity contribution < 1.29 is 4.39 Å². The molecule has 0 aromatic heterocycles. The zero-order chi connectivity index (χ0) is 11.1. The van der Waals surface area contributed by atoms with Gasteiger partial charge >= 0.3 is 0 Å². The van der Waals surface area contributed by atoms with Gasteiger partial charge in [0, 0.05) is 32.7 Å². The molecule has 86 valence electrons. The Kier molecular flexibility index (Phi) is 5.59. The second-order valence-electron chi connectivity index (χ2n) is 4.00. The highest BCUT2D eigenvalue weighted by Crippen LogP contribution is 2.10. The van der Waals surface area contributed by atoms with Crippen LogP contribution in [0.3, 0.4) is 0 Å². The van der Waals surface area contributed by atoms with Crippen molar-refractivity contribution in [2.45, 2.75) is 25.8 Å². The summed E-state index contributed by atoms with van der Waals surface area (Å²) in [4.78, 5) is 4.34. The normalized spacial score (nSPS) is 21.1. The highest BCUT2D eigenvalue weighted by molar-refractivity contribution is 4.93. The Morgan fingerprint density at radius 2 is 2.00 bits per heavy atom. The lowest BCUT2D eigenvalue weighted by Gasteiger charge is -2.36. The number of nitrogens with zero attached hydrogens (tertiary/aromatic N) is 3. The van der Waals surface area contributed by atoms with E-state index in [1.165, 1.54) is 0 Å². The summed E-state index contributed by atoms with van der Waals surface area (Å²) in [7, 11) is 0. The van der Waals surface area contributed by atoms with E-state index >= 15 is 0 Å². The Balaban J connectivity index is 2.32. The third kappa shape index (κ3) is 3.77. The van der Waals surface area contributed by atoms with Crippen molar-refractivity contribution in [3.05, 3.63) is 0 Å². The molecule has 1 unspecified atom stereocenters. The maximum atomic E-state index is 12.1. The largest absolute Gasteiger partial charge is 0.298 e. The van der Waals surface area contributed by atoms with Gasteiger partial charge in [-0.25, -0.2) is 4.39 Å². The van der Waals surface area contributed by atoms with Crippen molar-refractivity contribution in [2.24, 2.45) is 0 Å². The average molecular weight is 213 g/mol. The molecular formula is C11H20FN3. The third-order valence-corrected chi connectivity index (χ3v) is 2.96. The summed E-state index contributed by atoms with van der Waals surface area (Å²) in [5.74, 6) is 0. The fourth-order valence-corrected chi connectivity index (χ4v) is 2.02. The summed E-state index contributed by atoms with van der Waals surface area (Å²) in [6, 6.07) is 2.41. The summed E-state index contributed by atoms with van der Waals surface area (Å²) in [5.41, 5.74) is 0. The van der Waals surface area contributed by atoms with E-state index in [4.69, 9.17) is 5.26 Å². The number of alkyl halides is 1. The van der Waals surface area contributed by atoms with Gasteiger partial charge in [-0.05, 0) is 6.42 Å². The fourth-order valence-electron chi connectivity index (χ4n) is 2.02. The van der Waals surface area contributed by atoms with Gasteiger partial charge < -0.3 is 0 Å². The van der Waals surface area contributed by atoms with Gasteiger partial charge in [0.15, 0.2) is 0 Å². The van der Waals surface area contributed by atoms with E-state index < -0.39 is 0 Å². The number of piperazine rings is 1. The van der Waals surface area contributed by atoms with Gasteiger partial charge in [-0.3, -0.25) is 9.80 Å². The lowest BCUT2D eigenvalue weighted by Crippen LogP contribution is -2.50. The van der Waals surface area contributed by atoms with Gasteiger partial charge in [-0.2, -0.15) is 5.26 Å². The number of rotatable bonds is 5. The van der Waals surface area contributed by atoms with Crippen LogP contribution in [-0.4, -0.2) is 55.2 Å². The Bertz CT molecular complexity index is 206. The quantitative estimate of drug-likeness (QED) is 0.689. The molecular weight excluding hydrogens is 193 g/mol. The van der Waals surface area contributed by atoms with E-state index in [9.17, 15) is 4.39 Å². The van der Waals surface area contributed by atoms with Crippen LogP contribution in [0.2, 0.25) is 0 Å². The number of hydrogen-bond donors (Lipinski definition) is 0. The van der Waals surface area contributed by atoms with Crippen LogP contribution in [0, 0.1) is 11.3 Å². The summed E-state index contributed by atoms with van der Waals surface area (Å²) < 4.78 is 12.1. The molecule has 4 heteroatoms. The van der Waals surface area contributed by atoms with Gasteiger partial charge in [-0.15, -0.1) is 0 Å². The molecule has 0 spiro atoms. The first-order valence-electron chi connectivity index (χ1n) is 5.73. The fraction of sp³-hybridized carbons (Fsp3) is 0.909. The van der Waals surface area contributed by atoms with Gasteiger partial charge in [0.2, 0.25) is 0 Å². The maximum Gasteiger partial charge on any atom is 0.102 e. The van der Waals surface area contributed by atoms with Crippen LogP contribution >= 0.6 is 0 Å². The molecule has 0 aromatic rings. The molecule has 1 heterocycles. The maximum absolute atomic E-state index is 12.1. The second kappa shape index (κ2) is 6.76. The van der Waals surface area contributed by atoms with Crippen LogP contribution in [-0.2, 0) is 0 Å². The first-order chi connectivity index (χ1) is 7.31. The van der Waals surface area contributed by atoms with E-state index in [0.29, 0.717) is 6.54 Å². The topological polar surface area (TPSA) is 30.3 Å². The Morgan fingerprint density at radius 3 is 2.47 bits per heavy atom. The zero-order valence-corrected chi connectivity index (χ0v) is 9.45. The van der Waals surface area contributed by atoms with Gasteiger partial charge in [0.05, 0.1) is 12.1 Å². The van der Waals surface area contributed by atoms with Crippen molar-refractivity contribution in [1.29, 1.82) is 5.26 Å². The molecule has 1 rings (SSSR count). The Morgan fingerprint density at radius 1 is 1.33 bits per heavy atom. The molecule has 0 N–H and O–H groups in total. The summed E-state index contributed by atoms with van der Waals surface area (Å²) in [6.45, 7) is 5.97. The molecule has 0 amide bonds. The SMILES string of the molecule is CCCC(C#N)N1CCN(CCF)CC1. The van der Waals surface area contributed by atoms with E-state index in [-0.39, 0.29) is 12.7 Å². The van der Waals surface area contributed by atoms with Crippen LogP contribution in [0.1, 0.15) is 19.8 Å². The monoisotopic (exact) mass is 213 g/mol. The molecule has 15 heavy (non-hydrogen) atoms. The highest BCUT2D eigenvalue weighted by atomic mass is 19.1. The number of nitriles is 1. The van der Waals surface area contributed by atoms with Gasteiger partial charge in [-0.1, -0.05) is 13.3 Å². The first kappa shape index (κ1) is 12.4. The third-order valence-electron chi connectivity index (χ3n) is 2.96. The molecule has 1 aliphatic rings. The van der Waals surface area contributed by atoms with Crippen LogP contribution < -0.4 is 0 Å². The van der Waals surface area contributed by atoms with Crippen LogP contribution in [0.5, 0.6) is 0 Å². The molecule has 1 saturated heterocycles. The molecule has 3 nitrogen and oxygen atoms in total. The molecule has 0 saturated carbocycles. The molecule has 1 aliphatic heterocycles. The molecule has 1 atom stereocenters. The van der Waals surface area contributed by atoms with Crippen LogP contribution in [0.4, 0.5) is 4.39 Å². The molecule has 0 aliphatic carbocycles. The summed E-state index contributed by atoms with van der Waals surface area (Å²) in [6.07, 6.45) is 1.99. The van der Waals surface area contributed by atoms with Crippen LogP contribution in [0.25, 0.3) is 0 Å². The van der Waals surface area contributed by atoms with Crippen molar-refractivity contribution >= 4 is 0 Å². The lowest BCUT2D eigenvalue weighted by atomic mass is 10.1. The van der Waals surface area contributed by atoms with E-state index in [2.05, 4.69) is 22.8 Å². The van der Waals surface area contributed by atoms with Crippen molar-refractivity contribution in [3.8, 4) is 6.07 Å². The summed E-state index contributed by atoms with van der Waals surface area (Å²) in [5, 5.41) is 9.01. The van der Waals surface area contributed by atoms with E-state index in [1.54, 1.807) is 0 Å². The molecule has 0 radical (unpaired) electrons. The standard InChI is InChI=1S/C11H20FN3/c1-2-3-11(10-13)15-8-6-14(5-4-12)7-9-15/h11H,2-9H2,1H3. The first-order valence-corrected chi connectivity index (χ1v) is 5.73. The predicted octanol–water partition coefficient (Wildman–Crippen LogP) is 1.27. The van der Waals surface area contributed by atoms with Crippen molar-refractivity contribution in [2.75, 3.05) is 39.4 Å². The summed E-state index contributed by atoms with van der Waals surface area (Å²) >= 11 is 0. The van der Waals surface area contributed by atoms with Crippen LogP contribution in [0.15, 0.2) is 0 Å². The number of hydrogen-bond acceptors (Lipinski definition) is 3. The Hall–Kier alpha value is -0.660. The smallest absolute Gasteiger partial charge is 0.102 e. The highest BCUT2D eigenvalue weighted by Gasteiger charge is 2.22. The Labute approximate surface area is 91.5 Å². The van der Waals surface area contributed by atoms with E-state index in [0.717, 1.165) is 39.0 Å². The predicted molar refractivity (Wildman–Crippen MR) is 58.3 cm³/mol. The van der Waals surface area contributed by atoms with Gasteiger partial charge in [0.25, 0.3) is 0 Å². The minimum absolute atomic E-state index is 0.0579. The molecule has 1 fully saturated rings. The average Bonchev–Trinajstić information content (AvgIpc) is 2.28.